The topological polar surface area (TPSA) is 100.0 Å². The maximum Gasteiger partial charge on any atom is 0.260 e. The lowest BCUT2D eigenvalue weighted by molar-refractivity contribution is 0.102. The summed E-state index contributed by atoms with van der Waals surface area (Å²) >= 11 is 11.9. The number of hydrogen-bond donors (Lipinski definition) is 1. The van der Waals surface area contributed by atoms with Crippen molar-refractivity contribution < 1.29 is 4.79 Å². The van der Waals surface area contributed by atoms with E-state index in [1.54, 1.807) is 55.8 Å². The highest BCUT2D eigenvalue weighted by Gasteiger charge is 2.05. The van der Waals surface area contributed by atoms with Crippen molar-refractivity contribution in [1.82, 2.24) is 12.9 Å². The minimum atomic E-state index is 0.00983. The number of nitrogens with zero attached hydrogens (tertiary/aromatic N) is 3. The van der Waals surface area contributed by atoms with Crippen LogP contribution in [-0.4, -0.2) is 29.0 Å². The first kappa shape index (κ1) is 31.5. The van der Waals surface area contributed by atoms with Crippen molar-refractivity contribution >= 4 is 73.3 Å². The zero-order valence-corrected chi connectivity index (χ0v) is 26.6. The van der Waals surface area contributed by atoms with Gasteiger partial charge in [-0.05, 0) is 25.0 Å². The summed E-state index contributed by atoms with van der Waals surface area (Å²) in [5.41, 5.74) is 9.87. The molecule has 0 aliphatic heterocycles. The molecule has 40 heavy (non-hydrogen) atoms. The van der Waals surface area contributed by atoms with Crippen LogP contribution in [0.15, 0.2) is 86.4 Å². The Morgan fingerprint density at radius 3 is 1.75 bits per heavy atom. The molecule has 3 heterocycles. The maximum absolute atomic E-state index is 11.5. The summed E-state index contributed by atoms with van der Waals surface area (Å²) < 4.78 is 3.41. The zero-order valence-electron chi connectivity index (χ0n) is 21.8. The molecule has 0 atom stereocenters. The number of halogens is 1. The predicted molar refractivity (Wildman–Crippen MR) is 175 cm³/mol. The summed E-state index contributed by atoms with van der Waals surface area (Å²) in [5.74, 6) is 0.0600. The monoisotopic (exact) mass is 674 g/mol. The fourth-order valence-corrected chi connectivity index (χ4v) is 5.68. The molecule has 0 radical (unpaired) electrons. The van der Waals surface area contributed by atoms with E-state index >= 15 is 0 Å². The SMILES string of the molecule is CC(N)=S.Cc1nc(-c2ccc(Cn3sccc3=O)cc2)cs1.O=C(CBr)c1ccc(Cn2sccc2=O)cc1. The highest BCUT2D eigenvalue weighted by molar-refractivity contribution is 9.09. The number of Topliss-reactive ketones (excluding diaryl/α,β-unsaturated/α-hetero) is 1. The van der Waals surface area contributed by atoms with Crippen molar-refractivity contribution in [3.8, 4) is 11.3 Å². The van der Waals surface area contributed by atoms with Crippen LogP contribution in [0.25, 0.3) is 11.3 Å². The third kappa shape index (κ3) is 9.86. The third-order valence-corrected chi connectivity index (χ3v) is 8.13. The van der Waals surface area contributed by atoms with Gasteiger partial charge in [-0.15, -0.1) is 11.3 Å². The van der Waals surface area contributed by atoms with Crippen molar-refractivity contribution in [2.75, 3.05) is 5.33 Å². The highest BCUT2D eigenvalue weighted by Crippen LogP contribution is 2.22. The molecule has 2 N–H and O–H groups in total. The summed E-state index contributed by atoms with van der Waals surface area (Å²) in [5, 5.41) is 7.05. The average molecular weight is 676 g/mol. The van der Waals surface area contributed by atoms with Crippen LogP contribution >= 0.6 is 62.5 Å². The fraction of sp³-hybridized carbons (Fsp3) is 0.179. The van der Waals surface area contributed by atoms with Crippen LogP contribution in [0, 0.1) is 6.92 Å². The number of carbonyl (C=O) groups is 1. The molecule has 0 saturated carbocycles. The van der Waals surface area contributed by atoms with Gasteiger partial charge in [-0.1, -0.05) is 99.7 Å². The molecule has 0 bridgehead atoms. The number of aromatic nitrogens is 3. The number of hydrogen-bond acceptors (Lipinski definition) is 8. The highest BCUT2D eigenvalue weighted by atomic mass is 79.9. The Morgan fingerprint density at radius 2 is 1.38 bits per heavy atom. The normalized spacial score (nSPS) is 10.2. The van der Waals surface area contributed by atoms with Gasteiger partial charge in [0.1, 0.15) is 0 Å². The molecule has 5 rings (SSSR count). The first-order chi connectivity index (χ1) is 19.2. The van der Waals surface area contributed by atoms with Crippen molar-refractivity contribution in [3.63, 3.8) is 0 Å². The predicted octanol–water partition coefficient (Wildman–Crippen LogP) is 6.22. The molecule has 0 fully saturated rings. The number of thiocarbonyl (C=S) groups is 1. The van der Waals surface area contributed by atoms with Gasteiger partial charge < -0.3 is 5.73 Å². The second-order valence-electron chi connectivity index (χ2n) is 8.38. The molecule has 0 spiro atoms. The number of aryl methyl sites for hydroxylation is 1. The molecule has 0 aliphatic rings. The maximum atomic E-state index is 11.5. The van der Waals surface area contributed by atoms with Crippen LogP contribution in [0.5, 0.6) is 0 Å². The van der Waals surface area contributed by atoms with E-state index < -0.39 is 0 Å². The van der Waals surface area contributed by atoms with Crippen molar-refractivity contribution in [2.24, 2.45) is 5.73 Å². The van der Waals surface area contributed by atoms with Gasteiger partial charge in [-0.3, -0.25) is 22.3 Å². The van der Waals surface area contributed by atoms with Crippen molar-refractivity contribution in [3.05, 3.63) is 119 Å². The lowest BCUT2D eigenvalue weighted by Crippen LogP contribution is -2.12. The summed E-state index contributed by atoms with van der Waals surface area (Å²) in [6.45, 7) is 4.87. The average Bonchev–Trinajstić information content (AvgIpc) is 3.67. The lowest BCUT2D eigenvalue weighted by atomic mass is 10.1. The van der Waals surface area contributed by atoms with Gasteiger partial charge in [0.2, 0.25) is 0 Å². The molecule has 0 aliphatic carbocycles. The summed E-state index contributed by atoms with van der Waals surface area (Å²) in [6.07, 6.45) is 0. The first-order valence-electron chi connectivity index (χ1n) is 11.9. The lowest BCUT2D eigenvalue weighted by Gasteiger charge is -2.02. The molecular formula is C28H27BrN4O3S4. The summed E-state index contributed by atoms with van der Waals surface area (Å²) in [7, 11) is 0. The molecular weight excluding hydrogens is 649 g/mol. The number of alkyl halides is 1. The molecule has 0 unspecified atom stereocenters. The second kappa shape index (κ2) is 15.7. The number of thiazole rings is 1. The van der Waals surface area contributed by atoms with E-state index in [1.165, 1.54) is 23.1 Å². The number of benzene rings is 2. The van der Waals surface area contributed by atoms with Crippen LogP contribution in [0.4, 0.5) is 0 Å². The van der Waals surface area contributed by atoms with Crippen LogP contribution in [-0.2, 0) is 13.1 Å². The molecule has 2 aromatic carbocycles. The molecule has 5 aromatic rings. The first-order valence-corrected chi connectivity index (χ1v) is 16.0. The minimum absolute atomic E-state index is 0.00983. The molecule has 0 saturated heterocycles. The Morgan fingerprint density at radius 1 is 0.900 bits per heavy atom. The number of ketones is 1. The second-order valence-corrected chi connectivity index (χ2v) is 12.5. The largest absolute Gasteiger partial charge is 0.394 e. The van der Waals surface area contributed by atoms with Crippen molar-refractivity contribution in [2.45, 2.75) is 26.9 Å². The molecule has 208 valence electrons. The van der Waals surface area contributed by atoms with E-state index in [2.05, 4.69) is 62.8 Å². The quantitative estimate of drug-likeness (QED) is 0.125. The number of carbonyl (C=O) groups excluding carboxylic acids is 1. The van der Waals surface area contributed by atoms with Gasteiger partial charge in [0.05, 0.1) is 34.1 Å². The summed E-state index contributed by atoms with van der Waals surface area (Å²) in [6, 6.07) is 18.7. The Balaban J connectivity index is 0.000000196. The Hall–Kier alpha value is -3.03. The van der Waals surface area contributed by atoms with Crippen molar-refractivity contribution in [1.29, 1.82) is 0 Å². The standard InChI is InChI=1S/C14H12N2OS2.C12H10BrNO2S.C2H5NS/c1-10-15-13(9-18-10)12-4-2-11(3-5-12)8-16-14(17)6-7-19-16;13-7-11(15)10-3-1-9(2-4-10)8-14-12(16)5-6-17-14;1-2(3)4/h2-7,9H,8H2,1H3;1-6H,7-8H2;1H3,(H2,3,4). The minimum Gasteiger partial charge on any atom is -0.394 e. The third-order valence-electron chi connectivity index (χ3n) is 5.21. The molecule has 7 nitrogen and oxygen atoms in total. The Kier molecular flexibility index (Phi) is 12.3. The van der Waals surface area contributed by atoms with E-state index in [9.17, 15) is 14.4 Å². The van der Waals surface area contributed by atoms with Gasteiger partial charge in [-0.2, -0.15) is 0 Å². The van der Waals surface area contributed by atoms with Gasteiger partial charge in [0, 0.05) is 39.4 Å². The fourth-order valence-electron chi connectivity index (χ4n) is 3.31. The summed E-state index contributed by atoms with van der Waals surface area (Å²) in [4.78, 5) is 39.2. The molecule has 3 aromatic heterocycles. The van der Waals surface area contributed by atoms with Gasteiger partial charge >= 0.3 is 0 Å². The van der Waals surface area contributed by atoms with Crippen LogP contribution in [0.2, 0.25) is 0 Å². The Bertz CT molecular complexity index is 1640. The molecule has 12 heteroatoms. The number of nitrogens with two attached hydrogens (primary N) is 1. The van der Waals surface area contributed by atoms with Gasteiger partial charge in [0.25, 0.3) is 11.1 Å². The van der Waals surface area contributed by atoms with E-state index in [0.717, 1.165) is 27.4 Å². The van der Waals surface area contributed by atoms with E-state index in [0.29, 0.717) is 29.0 Å². The van der Waals surface area contributed by atoms with E-state index in [1.807, 2.05) is 24.4 Å². The number of rotatable bonds is 7. The zero-order chi connectivity index (χ0) is 29.1. The van der Waals surface area contributed by atoms with Crippen LogP contribution < -0.4 is 16.9 Å². The van der Waals surface area contributed by atoms with Gasteiger partial charge in [0.15, 0.2) is 5.78 Å². The van der Waals surface area contributed by atoms with Crippen LogP contribution in [0.3, 0.4) is 0 Å². The molecule has 0 amide bonds. The van der Waals surface area contributed by atoms with E-state index in [-0.39, 0.29) is 16.9 Å². The van der Waals surface area contributed by atoms with Crippen LogP contribution in [0.1, 0.15) is 33.4 Å². The van der Waals surface area contributed by atoms with Gasteiger partial charge in [-0.25, -0.2) is 4.98 Å². The van der Waals surface area contributed by atoms with E-state index in [4.69, 9.17) is 5.73 Å². The smallest absolute Gasteiger partial charge is 0.260 e. The Labute approximate surface area is 258 Å².